The van der Waals surface area contributed by atoms with Gasteiger partial charge in [0.25, 0.3) is 0 Å². The van der Waals surface area contributed by atoms with Crippen molar-refractivity contribution in [2.45, 2.75) is 12.6 Å². The summed E-state index contributed by atoms with van der Waals surface area (Å²) in [6.45, 7) is 1.31. The SMILES string of the molecule is COCCNCC(O)Cn1cc(Br)cc([N+](=O)[O-])c1=O. The van der Waals surface area contributed by atoms with Crippen molar-refractivity contribution in [1.29, 1.82) is 0 Å². The lowest BCUT2D eigenvalue weighted by Crippen LogP contribution is -2.35. The van der Waals surface area contributed by atoms with Crippen LogP contribution < -0.4 is 10.9 Å². The molecule has 8 nitrogen and oxygen atoms in total. The van der Waals surface area contributed by atoms with Crippen LogP contribution in [0.2, 0.25) is 0 Å². The smallest absolute Gasteiger partial charge is 0.335 e. The van der Waals surface area contributed by atoms with E-state index in [1.165, 1.54) is 6.20 Å². The molecule has 1 unspecified atom stereocenters. The van der Waals surface area contributed by atoms with E-state index in [1.807, 2.05) is 0 Å². The third kappa shape index (κ3) is 5.00. The van der Waals surface area contributed by atoms with Crippen LogP contribution in [0.3, 0.4) is 0 Å². The molecule has 20 heavy (non-hydrogen) atoms. The maximum absolute atomic E-state index is 11.8. The van der Waals surface area contributed by atoms with E-state index in [0.29, 0.717) is 17.6 Å². The van der Waals surface area contributed by atoms with Crippen molar-refractivity contribution in [3.8, 4) is 0 Å². The number of nitro groups is 1. The zero-order valence-corrected chi connectivity index (χ0v) is 12.5. The zero-order chi connectivity index (χ0) is 15.1. The van der Waals surface area contributed by atoms with E-state index >= 15 is 0 Å². The van der Waals surface area contributed by atoms with Crippen LogP contribution in [0.4, 0.5) is 5.69 Å². The molecule has 9 heteroatoms. The Kier molecular flexibility index (Phi) is 6.79. The van der Waals surface area contributed by atoms with Crippen molar-refractivity contribution in [3.05, 3.63) is 37.2 Å². The van der Waals surface area contributed by atoms with Gasteiger partial charge >= 0.3 is 11.2 Å². The molecule has 1 aromatic heterocycles. The largest absolute Gasteiger partial charge is 0.390 e. The van der Waals surface area contributed by atoms with Gasteiger partial charge in [-0.05, 0) is 15.9 Å². The molecule has 1 heterocycles. The second-order valence-corrected chi connectivity index (χ2v) is 5.02. The average Bonchev–Trinajstić information content (AvgIpc) is 2.38. The van der Waals surface area contributed by atoms with Crippen LogP contribution in [0.5, 0.6) is 0 Å². The Morgan fingerprint density at radius 1 is 1.65 bits per heavy atom. The topological polar surface area (TPSA) is 107 Å². The minimum atomic E-state index is -0.835. The van der Waals surface area contributed by atoms with Gasteiger partial charge in [-0.1, -0.05) is 0 Å². The summed E-state index contributed by atoms with van der Waals surface area (Å²) in [5.74, 6) is 0. The highest BCUT2D eigenvalue weighted by Crippen LogP contribution is 2.13. The Balaban J connectivity index is 2.72. The van der Waals surface area contributed by atoms with Gasteiger partial charge in [0, 0.05) is 36.9 Å². The maximum Gasteiger partial charge on any atom is 0.335 e. The van der Waals surface area contributed by atoms with Crippen LogP contribution >= 0.6 is 15.9 Å². The fourth-order valence-corrected chi connectivity index (χ4v) is 2.05. The average molecular weight is 350 g/mol. The molecule has 2 N–H and O–H groups in total. The van der Waals surface area contributed by atoms with E-state index in [4.69, 9.17) is 4.74 Å². The summed E-state index contributed by atoms with van der Waals surface area (Å²) in [4.78, 5) is 21.8. The van der Waals surface area contributed by atoms with E-state index in [9.17, 15) is 20.0 Å². The van der Waals surface area contributed by atoms with Gasteiger partial charge in [-0.25, -0.2) is 0 Å². The normalized spacial score (nSPS) is 12.3. The Labute approximate surface area is 123 Å². The lowest BCUT2D eigenvalue weighted by atomic mass is 10.3. The summed E-state index contributed by atoms with van der Waals surface area (Å²) in [5.41, 5.74) is -1.27. The number of hydrogen-bond donors (Lipinski definition) is 2. The summed E-state index contributed by atoms with van der Waals surface area (Å²) in [5, 5.41) is 23.5. The molecular formula is C11H16BrN3O5. The fourth-order valence-electron chi connectivity index (χ4n) is 1.59. The molecule has 0 fully saturated rings. The van der Waals surface area contributed by atoms with Gasteiger partial charge in [0.15, 0.2) is 0 Å². The minimum Gasteiger partial charge on any atom is -0.390 e. The maximum atomic E-state index is 11.8. The van der Waals surface area contributed by atoms with Crippen LogP contribution in [0.25, 0.3) is 0 Å². The third-order valence-electron chi connectivity index (χ3n) is 2.50. The number of ether oxygens (including phenoxy) is 1. The number of rotatable bonds is 8. The van der Waals surface area contributed by atoms with E-state index in [-0.39, 0.29) is 13.1 Å². The Morgan fingerprint density at radius 3 is 2.95 bits per heavy atom. The molecular weight excluding hydrogens is 334 g/mol. The molecule has 0 saturated heterocycles. The van der Waals surface area contributed by atoms with Crippen molar-refractivity contribution in [2.24, 2.45) is 0 Å². The first kappa shape index (κ1) is 16.8. The van der Waals surface area contributed by atoms with Crippen LogP contribution in [0, 0.1) is 10.1 Å². The van der Waals surface area contributed by atoms with Crippen molar-refractivity contribution in [2.75, 3.05) is 26.8 Å². The summed E-state index contributed by atoms with van der Waals surface area (Å²) < 4.78 is 6.36. The molecule has 0 amide bonds. The molecule has 0 spiro atoms. The minimum absolute atomic E-state index is 0.0287. The number of pyridine rings is 1. The molecule has 0 aliphatic heterocycles. The second-order valence-electron chi connectivity index (χ2n) is 4.11. The van der Waals surface area contributed by atoms with Gasteiger partial charge in [-0.3, -0.25) is 14.9 Å². The Hall–Kier alpha value is -1.29. The van der Waals surface area contributed by atoms with Crippen molar-refractivity contribution in [3.63, 3.8) is 0 Å². The Bertz CT molecular complexity index is 519. The second kappa shape index (κ2) is 8.10. The predicted octanol–water partition coefficient (Wildman–Crippen LogP) is 0.116. The number of nitrogens with zero attached hydrogens (tertiary/aromatic N) is 2. The van der Waals surface area contributed by atoms with E-state index in [0.717, 1.165) is 10.6 Å². The molecule has 1 atom stereocenters. The summed E-state index contributed by atoms with van der Waals surface area (Å²) >= 11 is 3.10. The number of hydrogen-bond acceptors (Lipinski definition) is 6. The summed E-state index contributed by atoms with van der Waals surface area (Å²) in [6, 6.07) is 1.14. The van der Waals surface area contributed by atoms with Gasteiger partial charge in [0.2, 0.25) is 0 Å². The molecule has 0 aliphatic carbocycles. The number of aliphatic hydroxyl groups is 1. The highest BCUT2D eigenvalue weighted by atomic mass is 79.9. The monoisotopic (exact) mass is 349 g/mol. The highest BCUT2D eigenvalue weighted by Gasteiger charge is 2.17. The van der Waals surface area contributed by atoms with Gasteiger partial charge in [-0.15, -0.1) is 0 Å². The van der Waals surface area contributed by atoms with Crippen LogP contribution in [0.15, 0.2) is 21.5 Å². The number of halogens is 1. The first-order valence-corrected chi connectivity index (χ1v) is 6.67. The van der Waals surface area contributed by atoms with Gasteiger partial charge in [0.05, 0.1) is 24.2 Å². The molecule has 0 bridgehead atoms. The molecule has 0 radical (unpaired) electrons. The molecule has 0 aliphatic rings. The number of aromatic nitrogens is 1. The van der Waals surface area contributed by atoms with Gasteiger partial charge < -0.3 is 19.7 Å². The Morgan fingerprint density at radius 2 is 2.35 bits per heavy atom. The first-order chi connectivity index (χ1) is 9.45. The lowest BCUT2D eigenvalue weighted by Gasteiger charge is -2.13. The summed E-state index contributed by atoms with van der Waals surface area (Å²) in [6.07, 6.45) is 0.576. The zero-order valence-electron chi connectivity index (χ0n) is 10.9. The number of nitrogens with one attached hydrogen (secondary N) is 1. The first-order valence-electron chi connectivity index (χ1n) is 5.87. The van der Waals surface area contributed by atoms with Crippen molar-refractivity contribution >= 4 is 21.6 Å². The van der Waals surface area contributed by atoms with E-state index in [2.05, 4.69) is 21.2 Å². The van der Waals surface area contributed by atoms with Crippen LogP contribution in [-0.4, -0.2) is 47.5 Å². The van der Waals surface area contributed by atoms with Crippen LogP contribution in [-0.2, 0) is 11.3 Å². The van der Waals surface area contributed by atoms with Gasteiger partial charge in [-0.2, -0.15) is 0 Å². The molecule has 112 valence electrons. The summed E-state index contributed by atoms with van der Waals surface area (Å²) in [7, 11) is 1.57. The van der Waals surface area contributed by atoms with Crippen molar-refractivity contribution in [1.82, 2.24) is 9.88 Å². The standard InChI is InChI=1S/C11H16BrN3O5/c1-20-3-2-13-5-9(16)7-14-6-8(12)4-10(11(14)17)15(18)19/h4,6,9,13,16H,2-3,5,7H2,1H3. The van der Waals surface area contributed by atoms with Crippen molar-refractivity contribution < 1.29 is 14.8 Å². The molecule has 1 aromatic rings. The fraction of sp³-hybridized carbons (Fsp3) is 0.545. The van der Waals surface area contributed by atoms with E-state index < -0.39 is 22.3 Å². The third-order valence-corrected chi connectivity index (χ3v) is 2.93. The number of aliphatic hydroxyl groups excluding tert-OH is 1. The van der Waals surface area contributed by atoms with Gasteiger partial charge in [0.1, 0.15) is 0 Å². The molecule has 1 rings (SSSR count). The highest BCUT2D eigenvalue weighted by molar-refractivity contribution is 9.10. The number of methoxy groups -OCH3 is 1. The predicted molar refractivity (Wildman–Crippen MR) is 75.8 cm³/mol. The van der Waals surface area contributed by atoms with E-state index in [1.54, 1.807) is 7.11 Å². The van der Waals surface area contributed by atoms with Crippen LogP contribution in [0.1, 0.15) is 0 Å². The molecule has 0 saturated carbocycles. The quantitative estimate of drug-likeness (QED) is 0.392. The lowest BCUT2D eigenvalue weighted by molar-refractivity contribution is -0.386. The molecule has 0 aromatic carbocycles.